The van der Waals surface area contributed by atoms with Crippen LogP contribution in [0.25, 0.3) is 0 Å². The molecule has 7 heteroatoms. The Kier molecular flexibility index (Phi) is 4.97. The predicted molar refractivity (Wildman–Crippen MR) is 85.7 cm³/mol. The van der Waals surface area contributed by atoms with Gasteiger partial charge < -0.3 is 10.3 Å². The van der Waals surface area contributed by atoms with Gasteiger partial charge in [-0.2, -0.15) is 0 Å². The molecule has 3 rings (SSSR count). The van der Waals surface area contributed by atoms with Gasteiger partial charge in [-0.05, 0) is 38.3 Å². The van der Waals surface area contributed by atoms with Gasteiger partial charge in [-0.15, -0.1) is 0 Å². The molecule has 122 valence electrons. The zero-order valence-corrected chi connectivity index (χ0v) is 13.3. The number of nitrogens with zero attached hydrogens (tertiary/aromatic N) is 4. The average Bonchev–Trinajstić information content (AvgIpc) is 2.99. The number of amides is 1. The Labute approximate surface area is 135 Å². The summed E-state index contributed by atoms with van der Waals surface area (Å²) in [5, 5.41) is 2.98. The van der Waals surface area contributed by atoms with Crippen molar-refractivity contribution in [1.82, 2.24) is 30.2 Å². The van der Waals surface area contributed by atoms with Crippen LogP contribution in [0.3, 0.4) is 0 Å². The van der Waals surface area contributed by atoms with Crippen LogP contribution >= 0.6 is 0 Å². The van der Waals surface area contributed by atoms with E-state index in [4.69, 9.17) is 0 Å². The van der Waals surface area contributed by atoms with Crippen molar-refractivity contribution in [3.8, 4) is 0 Å². The minimum Gasteiger partial charge on any atom is -0.350 e. The summed E-state index contributed by atoms with van der Waals surface area (Å²) in [6.07, 6.45) is 7.01. The average molecular weight is 314 g/mol. The number of aromatic amines is 1. The Morgan fingerprint density at radius 1 is 1.48 bits per heavy atom. The van der Waals surface area contributed by atoms with Crippen molar-refractivity contribution >= 4 is 5.91 Å². The minimum atomic E-state index is -0.132. The van der Waals surface area contributed by atoms with E-state index in [2.05, 4.69) is 30.2 Å². The lowest BCUT2D eigenvalue weighted by molar-refractivity contribution is 0.0925. The first-order valence-corrected chi connectivity index (χ1v) is 7.98. The van der Waals surface area contributed by atoms with Gasteiger partial charge in [0, 0.05) is 31.5 Å². The molecular weight excluding hydrogens is 292 g/mol. The van der Waals surface area contributed by atoms with Crippen LogP contribution in [0.2, 0.25) is 0 Å². The molecule has 7 nitrogen and oxygen atoms in total. The number of piperidine rings is 1. The fourth-order valence-electron chi connectivity index (χ4n) is 2.97. The number of rotatable bonds is 5. The smallest absolute Gasteiger partial charge is 0.270 e. The lowest BCUT2D eigenvalue weighted by Gasteiger charge is -2.32. The summed E-state index contributed by atoms with van der Waals surface area (Å²) in [5.74, 6) is 0.335. The van der Waals surface area contributed by atoms with Gasteiger partial charge in [-0.1, -0.05) is 0 Å². The van der Waals surface area contributed by atoms with Gasteiger partial charge in [-0.25, -0.2) is 15.0 Å². The van der Waals surface area contributed by atoms with E-state index in [1.54, 1.807) is 18.6 Å². The first-order valence-electron chi connectivity index (χ1n) is 7.98. The Bertz CT molecular complexity index is 641. The maximum absolute atomic E-state index is 12.0. The van der Waals surface area contributed by atoms with Crippen LogP contribution in [0, 0.1) is 12.8 Å². The molecule has 0 aromatic carbocycles. The highest BCUT2D eigenvalue weighted by Crippen LogP contribution is 2.18. The third-order valence-electron chi connectivity index (χ3n) is 4.28. The Morgan fingerprint density at radius 3 is 3.13 bits per heavy atom. The number of H-pyrrole nitrogens is 1. The van der Waals surface area contributed by atoms with E-state index in [0.29, 0.717) is 18.2 Å². The number of likely N-dealkylation sites (tertiary alicyclic amines) is 1. The van der Waals surface area contributed by atoms with Crippen molar-refractivity contribution in [1.29, 1.82) is 0 Å². The van der Waals surface area contributed by atoms with Crippen LogP contribution in [0.4, 0.5) is 0 Å². The normalized spacial score (nSPS) is 18.7. The number of aryl methyl sites for hydroxylation is 1. The first kappa shape index (κ1) is 15.6. The van der Waals surface area contributed by atoms with Gasteiger partial charge in [0.1, 0.15) is 12.0 Å². The summed E-state index contributed by atoms with van der Waals surface area (Å²) in [6, 6.07) is 1.63. The number of carbonyl (C=O) groups excluding carboxylic acids is 1. The van der Waals surface area contributed by atoms with E-state index in [-0.39, 0.29) is 5.91 Å². The lowest BCUT2D eigenvalue weighted by atomic mass is 9.97. The molecule has 2 aromatic heterocycles. The van der Waals surface area contributed by atoms with Crippen molar-refractivity contribution < 1.29 is 4.79 Å². The van der Waals surface area contributed by atoms with Crippen LogP contribution in [-0.2, 0) is 6.54 Å². The summed E-state index contributed by atoms with van der Waals surface area (Å²) < 4.78 is 0. The number of carbonyl (C=O) groups is 1. The fourth-order valence-corrected chi connectivity index (χ4v) is 2.97. The van der Waals surface area contributed by atoms with E-state index in [0.717, 1.165) is 43.9 Å². The molecule has 2 N–H and O–H groups in total. The summed E-state index contributed by atoms with van der Waals surface area (Å²) in [6.45, 7) is 5.66. The molecule has 0 radical (unpaired) electrons. The second kappa shape index (κ2) is 7.32. The second-order valence-electron chi connectivity index (χ2n) is 6.02. The zero-order valence-electron chi connectivity index (χ0n) is 13.3. The van der Waals surface area contributed by atoms with E-state index in [1.807, 2.05) is 6.92 Å². The molecule has 1 aliphatic rings. The molecule has 1 aliphatic heterocycles. The highest BCUT2D eigenvalue weighted by Gasteiger charge is 2.21. The predicted octanol–water partition coefficient (Wildman–Crippen LogP) is 1.15. The van der Waals surface area contributed by atoms with Crippen molar-refractivity contribution in [2.24, 2.45) is 5.92 Å². The molecule has 1 unspecified atom stereocenters. The number of nitrogens with one attached hydrogen (secondary N) is 2. The van der Waals surface area contributed by atoms with Crippen molar-refractivity contribution in [3.05, 3.63) is 42.0 Å². The number of imidazole rings is 1. The molecular formula is C16H22N6O. The standard InChI is InChI=1S/C16H22N6O/c1-12-15(21-11-19-12)9-22-6-2-3-13(8-22)7-18-16(23)14-4-5-17-10-20-14/h4-5,10-11,13H,2-3,6-9H2,1H3,(H,18,23)(H,19,21). The molecule has 3 heterocycles. The summed E-state index contributed by atoms with van der Waals surface area (Å²) >= 11 is 0. The van der Waals surface area contributed by atoms with Crippen LogP contribution in [0.5, 0.6) is 0 Å². The largest absolute Gasteiger partial charge is 0.350 e. The highest BCUT2D eigenvalue weighted by molar-refractivity contribution is 5.92. The third kappa shape index (κ3) is 4.13. The quantitative estimate of drug-likeness (QED) is 0.864. The molecule has 0 aliphatic carbocycles. The molecule has 1 amide bonds. The highest BCUT2D eigenvalue weighted by atomic mass is 16.1. The summed E-state index contributed by atoms with van der Waals surface area (Å²) in [4.78, 5) is 29.7. The Balaban J connectivity index is 1.49. The van der Waals surface area contributed by atoms with Crippen LogP contribution in [0.15, 0.2) is 24.9 Å². The van der Waals surface area contributed by atoms with Crippen LogP contribution in [-0.4, -0.2) is 50.4 Å². The van der Waals surface area contributed by atoms with Gasteiger partial charge in [0.15, 0.2) is 0 Å². The van der Waals surface area contributed by atoms with Crippen molar-refractivity contribution in [2.45, 2.75) is 26.3 Å². The molecule has 0 bridgehead atoms. The van der Waals surface area contributed by atoms with E-state index in [1.165, 1.54) is 6.33 Å². The van der Waals surface area contributed by atoms with E-state index in [9.17, 15) is 4.79 Å². The number of hydrogen-bond donors (Lipinski definition) is 2. The maximum Gasteiger partial charge on any atom is 0.270 e. The lowest BCUT2D eigenvalue weighted by Crippen LogP contribution is -2.40. The molecule has 1 fully saturated rings. The molecule has 0 saturated carbocycles. The van der Waals surface area contributed by atoms with Gasteiger partial charge in [-0.3, -0.25) is 9.69 Å². The van der Waals surface area contributed by atoms with Gasteiger partial charge in [0.2, 0.25) is 0 Å². The fraction of sp³-hybridized carbons (Fsp3) is 0.500. The zero-order chi connectivity index (χ0) is 16.1. The number of aromatic nitrogens is 4. The maximum atomic E-state index is 12.0. The number of hydrogen-bond acceptors (Lipinski definition) is 5. The van der Waals surface area contributed by atoms with Crippen LogP contribution < -0.4 is 5.32 Å². The first-order chi connectivity index (χ1) is 11.2. The molecule has 1 atom stereocenters. The Morgan fingerprint density at radius 2 is 2.39 bits per heavy atom. The summed E-state index contributed by atoms with van der Waals surface area (Å²) in [5.41, 5.74) is 2.65. The molecule has 23 heavy (non-hydrogen) atoms. The third-order valence-corrected chi connectivity index (χ3v) is 4.28. The second-order valence-corrected chi connectivity index (χ2v) is 6.02. The summed E-state index contributed by atoms with van der Waals surface area (Å²) in [7, 11) is 0. The monoisotopic (exact) mass is 314 g/mol. The topological polar surface area (TPSA) is 86.8 Å². The SMILES string of the molecule is Cc1[nH]cnc1CN1CCCC(CNC(=O)c2ccncn2)C1. The molecule has 2 aromatic rings. The van der Waals surface area contributed by atoms with Gasteiger partial charge in [0.05, 0.1) is 12.0 Å². The van der Waals surface area contributed by atoms with Crippen molar-refractivity contribution in [2.75, 3.05) is 19.6 Å². The van der Waals surface area contributed by atoms with Crippen molar-refractivity contribution in [3.63, 3.8) is 0 Å². The van der Waals surface area contributed by atoms with Gasteiger partial charge in [0.25, 0.3) is 5.91 Å². The van der Waals surface area contributed by atoms with Crippen LogP contribution in [0.1, 0.15) is 34.7 Å². The van der Waals surface area contributed by atoms with E-state index >= 15 is 0 Å². The molecule has 1 saturated heterocycles. The van der Waals surface area contributed by atoms with Gasteiger partial charge >= 0.3 is 0 Å². The Hall–Kier alpha value is -2.28. The minimum absolute atomic E-state index is 0.132. The van der Waals surface area contributed by atoms with E-state index < -0.39 is 0 Å². The molecule has 0 spiro atoms.